The van der Waals surface area contributed by atoms with E-state index in [-0.39, 0.29) is 5.57 Å². The minimum absolute atomic E-state index is 0.117. The summed E-state index contributed by atoms with van der Waals surface area (Å²) in [7, 11) is 4.33. The lowest BCUT2D eigenvalue weighted by Gasteiger charge is -2.08. The van der Waals surface area contributed by atoms with Crippen molar-refractivity contribution in [2.75, 3.05) is 14.2 Å². The molecule has 0 unspecified atom stereocenters. The topological polar surface area (TPSA) is 57.5 Å². The molecule has 5 nitrogen and oxygen atoms in total. The van der Waals surface area contributed by atoms with Gasteiger partial charge in [-0.05, 0) is 6.07 Å². The summed E-state index contributed by atoms with van der Waals surface area (Å²) in [6.45, 7) is 3.73. The van der Waals surface area contributed by atoms with Gasteiger partial charge in [-0.25, -0.2) is 9.59 Å². The Hall–Kier alpha value is -2.56. The smallest absolute Gasteiger partial charge is 0.340 e. The molecule has 2 aromatic rings. The molecule has 0 aliphatic carbocycles. The van der Waals surface area contributed by atoms with Gasteiger partial charge in [0.05, 0.1) is 31.1 Å². The summed E-state index contributed by atoms with van der Waals surface area (Å²) in [5, 5.41) is 0.710. The highest BCUT2D eigenvalue weighted by atomic mass is 16.5. The molecule has 1 aromatic heterocycles. The molecule has 0 amide bonds. The summed E-state index contributed by atoms with van der Waals surface area (Å²) in [6, 6.07) is 7.33. The van der Waals surface area contributed by atoms with Crippen molar-refractivity contribution < 1.29 is 19.1 Å². The SMILES string of the molecule is C=C(C(=O)OC)c1c(C(=O)OC)c2ccccc2n1C. The molecule has 5 heteroatoms. The molecule has 0 bridgehead atoms. The third kappa shape index (κ3) is 1.97. The molecule has 0 radical (unpaired) electrons. The average molecular weight is 273 g/mol. The number of ether oxygens (including phenoxy) is 2. The minimum Gasteiger partial charge on any atom is -0.465 e. The van der Waals surface area contributed by atoms with Gasteiger partial charge in [0.25, 0.3) is 0 Å². The number of aryl methyl sites for hydroxylation is 1. The lowest BCUT2D eigenvalue weighted by atomic mass is 10.1. The van der Waals surface area contributed by atoms with Crippen LogP contribution in [0.3, 0.4) is 0 Å². The van der Waals surface area contributed by atoms with Crippen LogP contribution in [0.25, 0.3) is 16.5 Å². The number of benzene rings is 1. The fraction of sp³-hybridized carbons (Fsp3) is 0.200. The first-order valence-electron chi connectivity index (χ1n) is 5.96. The summed E-state index contributed by atoms with van der Waals surface area (Å²) >= 11 is 0. The quantitative estimate of drug-likeness (QED) is 0.635. The Morgan fingerprint density at radius 3 is 2.40 bits per heavy atom. The number of rotatable bonds is 3. The molecule has 0 spiro atoms. The highest BCUT2D eigenvalue weighted by Crippen LogP contribution is 2.30. The highest BCUT2D eigenvalue weighted by Gasteiger charge is 2.26. The number of nitrogens with zero attached hydrogens (tertiary/aromatic N) is 1. The molecule has 0 atom stereocenters. The second-order valence-corrected chi connectivity index (χ2v) is 4.26. The van der Waals surface area contributed by atoms with Crippen molar-refractivity contribution in [3.8, 4) is 0 Å². The van der Waals surface area contributed by atoms with Crippen LogP contribution in [0.15, 0.2) is 30.8 Å². The lowest BCUT2D eigenvalue weighted by molar-refractivity contribution is -0.133. The Morgan fingerprint density at radius 1 is 1.15 bits per heavy atom. The molecule has 104 valence electrons. The van der Waals surface area contributed by atoms with Crippen LogP contribution in [-0.2, 0) is 21.3 Å². The van der Waals surface area contributed by atoms with Crippen molar-refractivity contribution in [1.29, 1.82) is 0 Å². The number of fused-ring (bicyclic) bond motifs is 1. The molecule has 0 N–H and O–H groups in total. The number of carbonyl (C=O) groups excluding carboxylic acids is 2. The molecular formula is C15H15NO4. The number of hydrogen-bond acceptors (Lipinski definition) is 4. The van der Waals surface area contributed by atoms with Crippen molar-refractivity contribution in [1.82, 2.24) is 4.57 Å². The Kier molecular flexibility index (Phi) is 3.61. The van der Waals surface area contributed by atoms with E-state index in [4.69, 9.17) is 4.74 Å². The van der Waals surface area contributed by atoms with Crippen molar-refractivity contribution in [2.45, 2.75) is 0 Å². The van der Waals surface area contributed by atoms with E-state index in [2.05, 4.69) is 11.3 Å². The maximum Gasteiger partial charge on any atom is 0.340 e. The molecule has 2 rings (SSSR count). The number of para-hydroxylation sites is 1. The van der Waals surface area contributed by atoms with Gasteiger partial charge >= 0.3 is 11.9 Å². The van der Waals surface area contributed by atoms with Crippen molar-refractivity contribution in [2.24, 2.45) is 7.05 Å². The fourth-order valence-corrected chi connectivity index (χ4v) is 2.28. The van der Waals surface area contributed by atoms with Crippen LogP contribution in [-0.4, -0.2) is 30.7 Å². The van der Waals surface area contributed by atoms with E-state index >= 15 is 0 Å². The van der Waals surface area contributed by atoms with E-state index in [0.717, 1.165) is 5.52 Å². The summed E-state index contributed by atoms with van der Waals surface area (Å²) in [4.78, 5) is 23.8. The van der Waals surface area contributed by atoms with Crippen LogP contribution in [0.1, 0.15) is 16.1 Å². The van der Waals surface area contributed by atoms with Crippen LogP contribution in [0.4, 0.5) is 0 Å². The third-order valence-corrected chi connectivity index (χ3v) is 3.21. The van der Waals surface area contributed by atoms with Crippen LogP contribution >= 0.6 is 0 Å². The van der Waals surface area contributed by atoms with Crippen LogP contribution in [0.2, 0.25) is 0 Å². The number of methoxy groups -OCH3 is 2. The predicted octanol–water partition coefficient (Wildman–Crippen LogP) is 2.15. The van der Waals surface area contributed by atoms with Gasteiger partial charge < -0.3 is 14.0 Å². The van der Waals surface area contributed by atoms with E-state index in [0.29, 0.717) is 16.6 Å². The lowest BCUT2D eigenvalue weighted by Crippen LogP contribution is -2.11. The van der Waals surface area contributed by atoms with Crippen LogP contribution < -0.4 is 0 Å². The maximum atomic E-state index is 12.0. The molecule has 20 heavy (non-hydrogen) atoms. The maximum absolute atomic E-state index is 12.0. The second-order valence-electron chi connectivity index (χ2n) is 4.26. The van der Waals surface area contributed by atoms with Gasteiger partial charge in [-0.15, -0.1) is 0 Å². The molecule has 0 aliphatic rings. The Bertz CT molecular complexity index is 712. The van der Waals surface area contributed by atoms with E-state index < -0.39 is 11.9 Å². The minimum atomic E-state index is -0.582. The number of hydrogen-bond donors (Lipinski definition) is 0. The zero-order valence-corrected chi connectivity index (χ0v) is 11.6. The highest BCUT2D eigenvalue weighted by molar-refractivity contribution is 6.21. The predicted molar refractivity (Wildman–Crippen MR) is 75.3 cm³/mol. The zero-order chi connectivity index (χ0) is 14.9. The van der Waals surface area contributed by atoms with E-state index in [9.17, 15) is 9.59 Å². The zero-order valence-electron chi connectivity index (χ0n) is 11.6. The third-order valence-electron chi connectivity index (χ3n) is 3.21. The molecule has 0 aliphatic heterocycles. The summed E-state index contributed by atoms with van der Waals surface area (Å²) in [6.07, 6.45) is 0. The van der Waals surface area contributed by atoms with Crippen molar-refractivity contribution in [3.63, 3.8) is 0 Å². The number of aromatic nitrogens is 1. The summed E-state index contributed by atoms with van der Waals surface area (Å²) in [5.74, 6) is -1.09. The van der Waals surface area contributed by atoms with Gasteiger partial charge in [0.1, 0.15) is 0 Å². The summed E-state index contributed by atoms with van der Waals surface area (Å²) < 4.78 is 11.2. The van der Waals surface area contributed by atoms with Crippen molar-refractivity contribution in [3.05, 3.63) is 42.1 Å². The summed E-state index contributed by atoms with van der Waals surface area (Å²) in [5.41, 5.74) is 1.66. The second kappa shape index (κ2) is 5.21. The van der Waals surface area contributed by atoms with Gasteiger partial charge in [0.15, 0.2) is 0 Å². The monoisotopic (exact) mass is 273 g/mol. The van der Waals surface area contributed by atoms with Crippen LogP contribution in [0, 0.1) is 0 Å². The van der Waals surface area contributed by atoms with E-state index in [1.807, 2.05) is 18.2 Å². The Morgan fingerprint density at radius 2 is 1.80 bits per heavy atom. The first kappa shape index (κ1) is 13.9. The Balaban J connectivity index is 2.81. The largest absolute Gasteiger partial charge is 0.465 e. The van der Waals surface area contributed by atoms with Gasteiger partial charge in [-0.2, -0.15) is 0 Å². The average Bonchev–Trinajstić information content (AvgIpc) is 2.78. The van der Waals surface area contributed by atoms with Crippen LogP contribution in [0.5, 0.6) is 0 Å². The molecule has 1 heterocycles. The molecule has 0 saturated heterocycles. The van der Waals surface area contributed by atoms with E-state index in [1.54, 1.807) is 17.7 Å². The first-order chi connectivity index (χ1) is 9.52. The number of esters is 2. The molecule has 0 saturated carbocycles. The van der Waals surface area contributed by atoms with E-state index in [1.165, 1.54) is 14.2 Å². The van der Waals surface area contributed by atoms with Crippen molar-refractivity contribution >= 4 is 28.4 Å². The molecular weight excluding hydrogens is 258 g/mol. The Labute approximate surface area is 116 Å². The molecule has 0 fully saturated rings. The standard InChI is InChI=1S/C15H15NO4/c1-9(14(17)19-3)13-12(15(18)20-4)10-7-5-6-8-11(10)16(13)2/h5-8H,1H2,2-4H3. The number of carbonyl (C=O) groups is 2. The normalized spacial score (nSPS) is 10.3. The van der Waals surface area contributed by atoms with Gasteiger partial charge in [0, 0.05) is 18.0 Å². The van der Waals surface area contributed by atoms with Gasteiger partial charge in [-0.1, -0.05) is 24.8 Å². The molecule has 1 aromatic carbocycles. The first-order valence-corrected chi connectivity index (χ1v) is 5.96. The fourth-order valence-electron chi connectivity index (χ4n) is 2.28. The van der Waals surface area contributed by atoms with Gasteiger partial charge in [-0.3, -0.25) is 0 Å². The van der Waals surface area contributed by atoms with Gasteiger partial charge in [0.2, 0.25) is 0 Å².